The molecule has 0 spiro atoms. The Morgan fingerprint density at radius 1 is 0.958 bits per heavy atom. The molecule has 0 bridgehead atoms. The van der Waals surface area contributed by atoms with E-state index >= 15 is 0 Å². The smallest absolute Gasteiger partial charge is 0.220 e. The van der Waals surface area contributed by atoms with Gasteiger partial charge < -0.3 is 9.67 Å². The van der Waals surface area contributed by atoms with Crippen molar-refractivity contribution in [3.63, 3.8) is 0 Å². The lowest BCUT2D eigenvalue weighted by Crippen LogP contribution is -1.84. The third-order valence-electron chi connectivity index (χ3n) is 4.21. The monoisotopic (exact) mass is 316 g/mol. The van der Waals surface area contributed by atoms with Gasteiger partial charge >= 0.3 is 0 Å². The predicted octanol–water partition coefficient (Wildman–Crippen LogP) is 5.16. The third kappa shape index (κ3) is 2.22. The summed E-state index contributed by atoms with van der Waals surface area (Å²) in [5.74, 6) is 0.621. The number of hydrogen-bond acceptors (Lipinski definition) is 4. The molecule has 0 aliphatic heterocycles. The molecule has 1 N–H and O–H groups in total. The lowest BCUT2D eigenvalue weighted by molar-refractivity contribution is 0.436. The number of fused-ring (bicyclic) bond motifs is 2. The molecular weight excluding hydrogens is 300 g/mol. The van der Waals surface area contributed by atoms with Crippen molar-refractivity contribution in [3.8, 4) is 5.88 Å². The van der Waals surface area contributed by atoms with Crippen LogP contribution in [0.4, 0.5) is 11.5 Å². The van der Waals surface area contributed by atoms with E-state index in [1.54, 1.807) is 11.6 Å². The van der Waals surface area contributed by atoms with E-state index in [-0.39, 0.29) is 5.88 Å². The average Bonchev–Trinajstić information content (AvgIpc) is 2.85. The summed E-state index contributed by atoms with van der Waals surface area (Å²) in [5, 5.41) is 20.8. The summed E-state index contributed by atoms with van der Waals surface area (Å²) in [5.41, 5.74) is 3.34. The van der Waals surface area contributed by atoms with Crippen LogP contribution in [-0.4, -0.2) is 14.7 Å². The molecule has 0 fully saturated rings. The molecule has 0 aliphatic carbocycles. The molecule has 0 saturated carbocycles. The van der Waals surface area contributed by atoms with Crippen molar-refractivity contribution >= 4 is 33.3 Å². The van der Waals surface area contributed by atoms with E-state index in [9.17, 15) is 5.11 Å². The maximum atomic E-state index is 10.3. The van der Waals surface area contributed by atoms with Crippen molar-refractivity contribution in [3.05, 3.63) is 60.2 Å². The number of para-hydroxylation sites is 2. The summed E-state index contributed by atoms with van der Waals surface area (Å²) in [4.78, 5) is 4.52. The van der Waals surface area contributed by atoms with Crippen LogP contribution in [0.1, 0.15) is 5.56 Å². The van der Waals surface area contributed by atoms with Gasteiger partial charge in [-0.2, -0.15) is 0 Å². The van der Waals surface area contributed by atoms with Crippen molar-refractivity contribution < 1.29 is 5.11 Å². The Labute approximate surface area is 138 Å². The largest absolute Gasteiger partial charge is 0.493 e. The fourth-order valence-electron chi connectivity index (χ4n) is 2.94. The summed E-state index contributed by atoms with van der Waals surface area (Å²) >= 11 is 0. The molecule has 2 aromatic carbocycles. The van der Waals surface area contributed by atoms with E-state index in [4.69, 9.17) is 0 Å². The molecule has 2 heterocycles. The van der Waals surface area contributed by atoms with Crippen LogP contribution in [0.3, 0.4) is 0 Å². The van der Waals surface area contributed by atoms with Gasteiger partial charge in [0.15, 0.2) is 11.5 Å². The van der Waals surface area contributed by atoms with Crippen LogP contribution in [0.15, 0.2) is 64.8 Å². The van der Waals surface area contributed by atoms with Crippen LogP contribution >= 0.6 is 0 Å². The Hall–Kier alpha value is -3.21. The number of azo groups is 1. The van der Waals surface area contributed by atoms with Crippen LogP contribution < -0.4 is 0 Å². The second-order valence-corrected chi connectivity index (χ2v) is 5.76. The Kier molecular flexibility index (Phi) is 3.27. The first-order valence-electron chi connectivity index (χ1n) is 7.69. The van der Waals surface area contributed by atoms with Crippen molar-refractivity contribution in [2.75, 3.05) is 0 Å². The minimum absolute atomic E-state index is 0.0949. The summed E-state index contributed by atoms with van der Waals surface area (Å²) in [6.07, 6.45) is 0. The number of aryl methyl sites for hydroxylation is 2. The molecule has 0 saturated heterocycles. The van der Waals surface area contributed by atoms with E-state index < -0.39 is 0 Å². The Morgan fingerprint density at radius 2 is 1.67 bits per heavy atom. The zero-order valence-electron chi connectivity index (χ0n) is 13.4. The molecule has 0 radical (unpaired) electrons. The molecule has 0 amide bonds. The maximum Gasteiger partial charge on any atom is 0.220 e. The molecule has 0 unspecified atom stereocenters. The van der Waals surface area contributed by atoms with Crippen LogP contribution in [-0.2, 0) is 7.05 Å². The van der Waals surface area contributed by atoms with E-state index in [1.165, 1.54) is 0 Å². The van der Waals surface area contributed by atoms with Gasteiger partial charge in [-0.15, -0.1) is 10.2 Å². The predicted molar refractivity (Wildman–Crippen MR) is 95.2 cm³/mol. The number of rotatable bonds is 2. The summed E-state index contributed by atoms with van der Waals surface area (Å²) in [7, 11) is 1.80. The fraction of sp³-hybridized carbons (Fsp3) is 0.105. The number of aromatic nitrogens is 2. The molecule has 5 nitrogen and oxygen atoms in total. The lowest BCUT2D eigenvalue weighted by atomic mass is 10.1. The number of hydrogen-bond donors (Lipinski definition) is 1. The highest BCUT2D eigenvalue weighted by molar-refractivity contribution is 5.94. The molecule has 0 atom stereocenters. The Balaban J connectivity index is 1.83. The summed E-state index contributed by atoms with van der Waals surface area (Å²) in [6.45, 7) is 2.03. The molecule has 4 aromatic rings. The molecule has 4 rings (SSSR count). The normalized spacial score (nSPS) is 11.8. The van der Waals surface area contributed by atoms with Crippen LogP contribution in [0.5, 0.6) is 5.88 Å². The van der Waals surface area contributed by atoms with Crippen LogP contribution in [0.25, 0.3) is 21.8 Å². The summed E-state index contributed by atoms with van der Waals surface area (Å²) in [6, 6.07) is 17.5. The number of nitrogens with zero attached hydrogens (tertiary/aromatic N) is 4. The van der Waals surface area contributed by atoms with Gasteiger partial charge in [0, 0.05) is 17.8 Å². The molecular formula is C19H16N4O. The van der Waals surface area contributed by atoms with E-state index in [1.807, 2.05) is 61.5 Å². The molecule has 2 aromatic heterocycles. The van der Waals surface area contributed by atoms with Gasteiger partial charge in [0.25, 0.3) is 0 Å². The Morgan fingerprint density at radius 3 is 2.50 bits per heavy atom. The van der Waals surface area contributed by atoms with Crippen molar-refractivity contribution in [1.82, 2.24) is 9.55 Å². The first kappa shape index (κ1) is 14.4. The van der Waals surface area contributed by atoms with E-state index in [0.29, 0.717) is 11.5 Å². The zero-order chi connectivity index (χ0) is 16.7. The van der Waals surface area contributed by atoms with Crippen molar-refractivity contribution in [2.24, 2.45) is 17.3 Å². The Bertz CT molecular complexity index is 1100. The quantitative estimate of drug-likeness (QED) is 0.519. The number of aromatic hydroxyl groups is 1. The van der Waals surface area contributed by atoms with Crippen LogP contribution in [0, 0.1) is 6.92 Å². The second-order valence-electron chi connectivity index (χ2n) is 5.76. The first-order valence-corrected chi connectivity index (χ1v) is 7.69. The zero-order valence-corrected chi connectivity index (χ0v) is 13.4. The van der Waals surface area contributed by atoms with Crippen molar-refractivity contribution in [1.29, 1.82) is 0 Å². The van der Waals surface area contributed by atoms with Gasteiger partial charge in [0.2, 0.25) is 5.88 Å². The number of pyridine rings is 1. The van der Waals surface area contributed by atoms with E-state index in [0.717, 1.165) is 27.4 Å². The minimum atomic E-state index is 0.0949. The molecule has 24 heavy (non-hydrogen) atoms. The van der Waals surface area contributed by atoms with E-state index in [2.05, 4.69) is 15.2 Å². The van der Waals surface area contributed by atoms with Gasteiger partial charge in [0.05, 0.1) is 11.0 Å². The standard InChI is InChI=1S/C19H16N4O/c1-12-11-17(20-15-9-5-3-7-13(12)15)21-22-18-14-8-4-6-10-16(14)23(2)19(18)24/h3-11,24H,1-2H3. The third-order valence-corrected chi connectivity index (χ3v) is 4.21. The van der Waals surface area contributed by atoms with Gasteiger partial charge in [-0.1, -0.05) is 36.4 Å². The molecule has 5 heteroatoms. The van der Waals surface area contributed by atoms with Gasteiger partial charge in [-0.25, -0.2) is 4.98 Å². The SMILES string of the molecule is Cc1cc(N=Nc2c(O)n(C)c3ccccc23)nc2ccccc12. The molecule has 0 aliphatic rings. The van der Waals surface area contributed by atoms with Gasteiger partial charge in [-0.05, 0) is 30.7 Å². The topological polar surface area (TPSA) is 62.8 Å². The second kappa shape index (κ2) is 5.45. The highest BCUT2D eigenvalue weighted by Gasteiger charge is 2.13. The van der Waals surface area contributed by atoms with Crippen LogP contribution in [0.2, 0.25) is 0 Å². The minimum Gasteiger partial charge on any atom is -0.493 e. The lowest BCUT2D eigenvalue weighted by Gasteiger charge is -2.02. The van der Waals surface area contributed by atoms with Crippen molar-refractivity contribution in [2.45, 2.75) is 6.92 Å². The molecule has 118 valence electrons. The van der Waals surface area contributed by atoms with Gasteiger partial charge in [0.1, 0.15) is 0 Å². The highest BCUT2D eigenvalue weighted by atomic mass is 16.3. The maximum absolute atomic E-state index is 10.3. The average molecular weight is 316 g/mol. The number of benzene rings is 2. The van der Waals surface area contributed by atoms with Gasteiger partial charge in [-0.3, -0.25) is 0 Å². The first-order chi connectivity index (χ1) is 11.6. The fourth-order valence-corrected chi connectivity index (χ4v) is 2.94. The summed E-state index contributed by atoms with van der Waals surface area (Å²) < 4.78 is 1.70. The highest BCUT2D eigenvalue weighted by Crippen LogP contribution is 2.38.